The van der Waals surface area contributed by atoms with E-state index in [1.165, 1.54) is 29.7 Å². The van der Waals surface area contributed by atoms with Crippen LogP contribution in [0.3, 0.4) is 0 Å². The lowest BCUT2D eigenvalue weighted by atomic mass is 9.98. The predicted molar refractivity (Wildman–Crippen MR) is 124 cm³/mol. The van der Waals surface area contributed by atoms with Crippen LogP contribution in [0.1, 0.15) is 62.8 Å². The second-order valence-electron chi connectivity index (χ2n) is 8.75. The van der Waals surface area contributed by atoms with Gasteiger partial charge in [-0.3, -0.25) is 4.79 Å². The zero-order chi connectivity index (χ0) is 21.7. The van der Waals surface area contributed by atoms with E-state index >= 15 is 0 Å². The van der Waals surface area contributed by atoms with Crippen LogP contribution in [0, 0.1) is 19.8 Å². The van der Waals surface area contributed by atoms with E-state index in [4.69, 9.17) is 4.74 Å². The largest absolute Gasteiger partial charge is 0.481 e. The Morgan fingerprint density at radius 1 is 1.10 bits per heavy atom. The van der Waals surface area contributed by atoms with Gasteiger partial charge in [-0.1, -0.05) is 32.0 Å². The molecule has 2 aromatic rings. The molecule has 4 nitrogen and oxygen atoms in total. The van der Waals surface area contributed by atoms with E-state index in [1.807, 2.05) is 32.0 Å². The maximum Gasteiger partial charge on any atom is 0.261 e. The molecule has 0 spiro atoms. The van der Waals surface area contributed by atoms with E-state index in [0.717, 1.165) is 30.3 Å². The molecule has 0 unspecified atom stereocenters. The minimum Gasteiger partial charge on any atom is -0.481 e. The molecule has 1 fully saturated rings. The van der Waals surface area contributed by atoms with Crippen LogP contribution in [0.25, 0.3) is 0 Å². The fraction of sp³-hybridized carbons (Fsp3) is 0.500. The van der Waals surface area contributed by atoms with Gasteiger partial charge >= 0.3 is 0 Å². The summed E-state index contributed by atoms with van der Waals surface area (Å²) < 4.78 is 5.99. The molecule has 0 saturated carbocycles. The summed E-state index contributed by atoms with van der Waals surface area (Å²) in [6.07, 6.45) is 2.64. The lowest BCUT2D eigenvalue weighted by Gasteiger charge is -2.32. The number of benzene rings is 2. The third-order valence-electron chi connectivity index (χ3n) is 6.32. The third-order valence-corrected chi connectivity index (χ3v) is 6.32. The summed E-state index contributed by atoms with van der Waals surface area (Å²) in [6.45, 7) is 12.7. The number of nitrogens with zero attached hydrogens (tertiary/aromatic N) is 1. The second kappa shape index (κ2) is 10.0. The molecule has 3 rings (SSSR count). The van der Waals surface area contributed by atoms with Crippen molar-refractivity contribution in [2.75, 3.05) is 18.0 Å². The molecule has 0 bridgehead atoms. The molecule has 1 aliphatic rings. The van der Waals surface area contributed by atoms with E-state index in [9.17, 15) is 4.79 Å². The summed E-state index contributed by atoms with van der Waals surface area (Å²) in [5.41, 5.74) is 4.77. The average molecular weight is 409 g/mol. The van der Waals surface area contributed by atoms with E-state index in [0.29, 0.717) is 6.42 Å². The first kappa shape index (κ1) is 22.2. The summed E-state index contributed by atoms with van der Waals surface area (Å²) in [5.74, 6) is 1.50. The Bertz CT molecular complexity index is 839. The SMILES string of the molecule is CC[C@H](Oc1ccc(C)c(C)c1)C(=O)N[C@H](C)c1ccc(N2CCC(C)CC2)cc1. The Morgan fingerprint density at radius 3 is 2.37 bits per heavy atom. The number of hydrogen-bond donors (Lipinski definition) is 1. The van der Waals surface area contributed by atoms with Crippen molar-refractivity contribution < 1.29 is 9.53 Å². The maximum atomic E-state index is 12.8. The number of aryl methyl sites for hydroxylation is 2. The molecule has 2 aromatic carbocycles. The molecule has 30 heavy (non-hydrogen) atoms. The van der Waals surface area contributed by atoms with Gasteiger partial charge in [-0.25, -0.2) is 0 Å². The van der Waals surface area contributed by atoms with Crippen molar-refractivity contribution >= 4 is 11.6 Å². The van der Waals surface area contributed by atoms with Crippen LogP contribution in [0.4, 0.5) is 5.69 Å². The fourth-order valence-electron chi connectivity index (χ4n) is 3.90. The highest BCUT2D eigenvalue weighted by molar-refractivity contribution is 5.81. The molecule has 2 atom stereocenters. The molecule has 1 aliphatic heterocycles. The quantitative estimate of drug-likeness (QED) is 0.651. The van der Waals surface area contributed by atoms with Gasteiger partial charge in [-0.05, 0) is 86.9 Å². The third kappa shape index (κ3) is 5.56. The number of amides is 1. The number of piperidine rings is 1. The standard InChI is InChI=1S/C26H36N2O2/c1-6-25(30-24-12-7-19(3)20(4)17-24)26(29)27-21(5)22-8-10-23(11-9-22)28-15-13-18(2)14-16-28/h7-12,17-18,21,25H,6,13-16H2,1-5H3,(H,27,29)/t21-,25+/m1/s1. The number of hydrogen-bond acceptors (Lipinski definition) is 3. The lowest BCUT2D eigenvalue weighted by molar-refractivity contribution is -0.128. The highest BCUT2D eigenvalue weighted by Gasteiger charge is 2.21. The van der Waals surface area contributed by atoms with Gasteiger partial charge in [-0.2, -0.15) is 0 Å². The summed E-state index contributed by atoms with van der Waals surface area (Å²) in [7, 11) is 0. The van der Waals surface area contributed by atoms with E-state index in [-0.39, 0.29) is 11.9 Å². The normalized spacial score (nSPS) is 16.8. The van der Waals surface area contributed by atoms with E-state index in [1.54, 1.807) is 0 Å². The molecule has 1 heterocycles. The van der Waals surface area contributed by atoms with Crippen LogP contribution in [0.2, 0.25) is 0 Å². The van der Waals surface area contributed by atoms with Gasteiger partial charge < -0.3 is 15.0 Å². The van der Waals surface area contributed by atoms with Crippen molar-refractivity contribution in [1.82, 2.24) is 5.32 Å². The Kier molecular flexibility index (Phi) is 7.41. The zero-order valence-corrected chi connectivity index (χ0v) is 19.1. The predicted octanol–water partition coefficient (Wildman–Crippen LogP) is 5.57. The Morgan fingerprint density at radius 2 is 1.77 bits per heavy atom. The molecule has 1 N–H and O–H groups in total. The van der Waals surface area contributed by atoms with Crippen molar-refractivity contribution in [3.05, 3.63) is 59.2 Å². The average Bonchev–Trinajstić information content (AvgIpc) is 2.75. The summed E-state index contributed by atoms with van der Waals surface area (Å²) in [6, 6.07) is 14.5. The molecule has 4 heteroatoms. The van der Waals surface area contributed by atoms with Gasteiger partial charge in [-0.15, -0.1) is 0 Å². The molecular formula is C26H36N2O2. The first-order valence-electron chi connectivity index (χ1n) is 11.3. The second-order valence-corrected chi connectivity index (χ2v) is 8.75. The van der Waals surface area contributed by atoms with E-state index < -0.39 is 6.10 Å². The minimum absolute atomic E-state index is 0.0645. The monoisotopic (exact) mass is 408 g/mol. The van der Waals surface area contributed by atoms with Crippen molar-refractivity contribution in [2.24, 2.45) is 5.92 Å². The molecular weight excluding hydrogens is 372 g/mol. The fourth-order valence-corrected chi connectivity index (χ4v) is 3.90. The van der Waals surface area contributed by atoms with Crippen molar-refractivity contribution in [2.45, 2.75) is 66.0 Å². The minimum atomic E-state index is -0.496. The van der Waals surface area contributed by atoms with Crippen molar-refractivity contribution in [1.29, 1.82) is 0 Å². The molecule has 0 aromatic heterocycles. The van der Waals surface area contributed by atoms with Gasteiger partial charge in [0, 0.05) is 18.8 Å². The zero-order valence-electron chi connectivity index (χ0n) is 19.1. The van der Waals surface area contributed by atoms with Gasteiger partial charge in [0.15, 0.2) is 6.10 Å². The topological polar surface area (TPSA) is 41.6 Å². The maximum absolute atomic E-state index is 12.8. The molecule has 162 valence electrons. The Hall–Kier alpha value is -2.49. The van der Waals surface area contributed by atoms with Crippen LogP contribution in [0.15, 0.2) is 42.5 Å². The van der Waals surface area contributed by atoms with Crippen LogP contribution < -0.4 is 15.0 Å². The summed E-state index contributed by atoms with van der Waals surface area (Å²) in [5, 5.41) is 3.12. The number of carbonyl (C=O) groups is 1. The number of anilines is 1. The first-order valence-corrected chi connectivity index (χ1v) is 11.3. The molecule has 1 amide bonds. The van der Waals surface area contributed by atoms with Crippen molar-refractivity contribution in [3.63, 3.8) is 0 Å². The van der Waals surface area contributed by atoms with Crippen LogP contribution in [0.5, 0.6) is 5.75 Å². The smallest absolute Gasteiger partial charge is 0.261 e. The first-order chi connectivity index (χ1) is 14.4. The highest BCUT2D eigenvalue weighted by Crippen LogP contribution is 2.25. The number of ether oxygens (including phenoxy) is 1. The number of carbonyl (C=O) groups excluding carboxylic acids is 1. The van der Waals surface area contributed by atoms with Crippen LogP contribution in [-0.2, 0) is 4.79 Å². The van der Waals surface area contributed by atoms with Gasteiger partial charge in [0.05, 0.1) is 6.04 Å². The van der Waals surface area contributed by atoms with Crippen LogP contribution >= 0.6 is 0 Å². The van der Waals surface area contributed by atoms with Crippen molar-refractivity contribution in [3.8, 4) is 5.75 Å². The summed E-state index contributed by atoms with van der Waals surface area (Å²) >= 11 is 0. The highest BCUT2D eigenvalue weighted by atomic mass is 16.5. The van der Waals surface area contributed by atoms with Gasteiger partial charge in [0.25, 0.3) is 5.91 Å². The Balaban J connectivity index is 1.58. The van der Waals surface area contributed by atoms with E-state index in [2.05, 4.69) is 55.3 Å². The molecule has 0 aliphatic carbocycles. The summed E-state index contributed by atoms with van der Waals surface area (Å²) in [4.78, 5) is 15.3. The van der Waals surface area contributed by atoms with Gasteiger partial charge in [0.2, 0.25) is 0 Å². The molecule has 0 radical (unpaired) electrons. The number of nitrogens with one attached hydrogen (secondary N) is 1. The lowest BCUT2D eigenvalue weighted by Crippen LogP contribution is -2.39. The Labute approximate surface area is 181 Å². The van der Waals surface area contributed by atoms with Crippen LogP contribution in [-0.4, -0.2) is 25.1 Å². The van der Waals surface area contributed by atoms with Gasteiger partial charge in [0.1, 0.15) is 5.75 Å². The molecule has 1 saturated heterocycles. The number of rotatable bonds is 7.